The topological polar surface area (TPSA) is 56.9 Å². The number of carbonyl (C=O) groups is 1. The Labute approximate surface area is 140 Å². The highest BCUT2D eigenvalue weighted by Crippen LogP contribution is 2.32. The number of aryl methyl sites for hydroxylation is 2. The summed E-state index contributed by atoms with van der Waals surface area (Å²) in [5.41, 5.74) is 7.83. The van der Waals surface area contributed by atoms with E-state index in [1.807, 2.05) is 18.2 Å². The van der Waals surface area contributed by atoms with Crippen molar-refractivity contribution in [2.45, 2.75) is 32.4 Å². The maximum Gasteiger partial charge on any atom is 0.257 e. The fourth-order valence-corrected chi connectivity index (χ4v) is 4.03. The van der Waals surface area contributed by atoms with Crippen LogP contribution < -0.4 is 10.6 Å². The molecule has 3 aromatic rings. The highest BCUT2D eigenvalue weighted by Gasteiger charge is 2.20. The lowest BCUT2D eigenvalue weighted by Crippen LogP contribution is -2.12. The number of amides is 1. The first-order valence-electron chi connectivity index (χ1n) is 8.56. The minimum absolute atomic E-state index is 0.0496. The first kappa shape index (κ1) is 13.8. The smallest absolute Gasteiger partial charge is 0.257 e. The van der Waals surface area contributed by atoms with E-state index in [1.54, 1.807) is 0 Å². The van der Waals surface area contributed by atoms with Crippen LogP contribution in [0.5, 0.6) is 0 Å². The predicted octanol–water partition coefficient (Wildman–Crippen LogP) is 3.51. The van der Waals surface area contributed by atoms with E-state index in [0.29, 0.717) is 0 Å². The molecule has 4 nitrogen and oxygen atoms in total. The standard InChI is InChI=1S/C20H19N3O/c24-20(22-14-8-7-12-10-21-11-13(12)9-14)17-5-1-4-16-15-3-2-6-18(15)23-19(16)17/h1,4-5,7-9,21,23H,2-3,6,10-11H2,(H,22,24). The van der Waals surface area contributed by atoms with Crippen LogP contribution in [0.4, 0.5) is 5.69 Å². The van der Waals surface area contributed by atoms with E-state index in [9.17, 15) is 4.79 Å². The molecule has 0 saturated carbocycles. The number of para-hydroxylation sites is 1. The summed E-state index contributed by atoms with van der Waals surface area (Å²) < 4.78 is 0. The van der Waals surface area contributed by atoms with Gasteiger partial charge in [-0.2, -0.15) is 0 Å². The molecule has 0 radical (unpaired) electrons. The highest BCUT2D eigenvalue weighted by molar-refractivity contribution is 6.12. The van der Waals surface area contributed by atoms with Gasteiger partial charge in [-0.25, -0.2) is 0 Å². The monoisotopic (exact) mass is 317 g/mol. The lowest BCUT2D eigenvalue weighted by atomic mass is 10.1. The van der Waals surface area contributed by atoms with Crippen molar-refractivity contribution in [2.24, 2.45) is 0 Å². The number of aromatic amines is 1. The quantitative estimate of drug-likeness (QED) is 0.677. The van der Waals surface area contributed by atoms with Crippen molar-refractivity contribution in [3.63, 3.8) is 0 Å². The molecule has 2 aromatic carbocycles. The second-order valence-corrected chi connectivity index (χ2v) is 6.70. The number of hydrogen-bond acceptors (Lipinski definition) is 2. The third kappa shape index (κ3) is 2.07. The summed E-state index contributed by atoms with van der Waals surface area (Å²) in [7, 11) is 0. The number of carbonyl (C=O) groups excluding carboxylic acids is 1. The number of fused-ring (bicyclic) bond motifs is 4. The van der Waals surface area contributed by atoms with Gasteiger partial charge in [-0.05, 0) is 54.2 Å². The highest BCUT2D eigenvalue weighted by atomic mass is 16.1. The number of H-pyrrole nitrogens is 1. The predicted molar refractivity (Wildman–Crippen MR) is 95.3 cm³/mol. The average Bonchev–Trinajstić information content (AvgIpc) is 3.29. The molecular formula is C20H19N3O. The van der Waals surface area contributed by atoms with E-state index < -0.39 is 0 Å². The lowest BCUT2D eigenvalue weighted by molar-refractivity contribution is 0.102. The molecule has 1 aliphatic carbocycles. The molecule has 2 aliphatic rings. The fourth-order valence-electron chi connectivity index (χ4n) is 4.03. The number of rotatable bonds is 2. The molecule has 5 rings (SSSR count). The van der Waals surface area contributed by atoms with Gasteiger partial charge in [0.1, 0.15) is 0 Å². The summed E-state index contributed by atoms with van der Waals surface area (Å²) in [5.74, 6) is -0.0496. The first-order chi connectivity index (χ1) is 11.8. The van der Waals surface area contributed by atoms with Crippen molar-refractivity contribution in [2.75, 3.05) is 5.32 Å². The Hall–Kier alpha value is -2.59. The van der Waals surface area contributed by atoms with E-state index in [-0.39, 0.29) is 5.91 Å². The zero-order valence-corrected chi connectivity index (χ0v) is 13.4. The van der Waals surface area contributed by atoms with Gasteiger partial charge in [0.2, 0.25) is 0 Å². The minimum atomic E-state index is -0.0496. The Morgan fingerprint density at radius 2 is 1.96 bits per heavy atom. The SMILES string of the molecule is O=C(Nc1ccc2c(c1)CNC2)c1cccc2c3c([nH]c12)CCC3. The molecule has 4 heteroatoms. The van der Waals surface area contributed by atoms with E-state index in [4.69, 9.17) is 0 Å². The van der Waals surface area contributed by atoms with Gasteiger partial charge in [0.15, 0.2) is 0 Å². The number of benzene rings is 2. The Morgan fingerprint density at radius 3 is 2.92 bits per heavy atom. The van der Waals surface area contributed by atoms with Gasteiger partial charge in [0, 0.05) is 29.9 Å². The van der Waals surface area contributed by atoms with Crippen LogP contribution >= 0.6 is 0 Å². The van der Waals surface area contributed by atoms with Gasteiger partial charge >= 0.3 is 0 Å². The molecule has 1 aromatic heterocycles. The molecule has 0 spiro atoms. The molecule has 1 aliphatic heterocycles. The largest absolute Gasteiger partial charge is 0.358 e. The van der Waals surface area contributed by atoms with Gasteiger partial charge in [-0.15, -0.1) is 0 Å². The van der Waals surface area contributed by atoms with Gasteiger partial charge in [-0.3, -0.25) is 4.79 Å². The summed E-state index contributed by atoms with van der Waals surface area (Å²) in [5, 5.41) is 7.59. The molecule has 0 saturated heterocycles. The maximum atomic E-state index is 12.8. The van der Waals surface area contributed by atoms with Crippen LogP contribution in [0.3, 0.4) is 0 Å². The number of nitrogens with one attached hydrogen (secondary N) is 3. The molecule has 0 fully saturated rings. The van der Waals surface area contributed by atoms with E-state index in [2.05, 4.69) is 33.8 Å². The van der Waals surface area contributed by atoms with Crippen LogP contribution in [0.15, 0.2) is 36.4 Å². The number of hydrogen-bond donors (Lipinski definition) is 3. The number of aromatic nitrogens is 1. The van der Waals surface area contributed by atoms with Gasteiger partial charge in [-0.1, -0.05) is 18.2 Å². The molecule has 0 unspecified atom stereocenters. The van der Waals surface area contributed by atoms with Crippen LogP contribution in [0.25, 0.3) is 10.9 Å². The number of anilines is 1. The second-order valence-electron chi connectivity index (χ2n) is 6.70. The average molecular weight is 317 g/mol. The molecule has 3 N–H and O–H groups in total. The van der Waals surface area contributed by atoms with Crippen molar-refractivity contribution in [3.05, 3.63) is 64.3 Å². The first-order valence-corrected chi connectivity index (χ1v) is 8.56. The van der Waals surface area contributed by atoms with Crippen LogP contribution in [-0.4, -0.2) is 10.9 Å². The summed E-state index contributed by atoms with van der Waals surface area (Å²) in [4.78, 5) is 16.3. The van der Waals surface area contributed by atoms with Crippen molar-refractivity contribution < 1.29 is 4.79 Å². The zero-order chi connectivity index (χ0) is 16.1. The van der Waals surface area contributed by atoms with Crippen molar-refractivity contribution in [1.82, 2.24) is 10.3 Å². The van der Waals surface area contributed by atoms with Crippen molar-refractivity contribution >= 4 is 22.5 Å². The van der Waals surface area contributed by atoms with E-state index >= 15 is 0 Å². The normalized spacial score (nSPS) is 15.5. The van der Waals surface area contributed by atoms with Crippen LogP contribution in [-0.2, 0) is 25.9 Å². The molecular weight excluding hydrogens is 298 g/mol. The molecule has 120 valence electrons. The molecule has 0 atom stereocenters. The van der Waals surface area contributed by atoms with E-state index in [1.165, 1.54) is 34.2 Å². The van der Waals surface area contributed by atoms with Crippen LogP contribution in [0.2, 0.25) is 0 Å². The third-order valence-corrected chi connectivity index (χ3v) is 5.22. The summed E-state index contributed by atoms with van der Waals surface area (Å²) in [6.07, 6.45) is 3.40. The van der Waals surface area contributed by atoms with Gasteiger partial charge in [0.05, 0.1) is 11.1 Å². The molecule has 1 amide bonds. The summed E-state index contributed by atoms with van der Waals surface area (Å²) >= 11 is 0. The van der Waals surface area contributed by atoms with Crippen molar-refractivity contribution in [3.8, 4) is 0 Å². The van der Waals surface area contributed by atoms with Gasteiger partial charge < -0.3 is 15.6 Å². The lowest BCUT2D eigenvalue weighted by Gasteiger charge is -2.08. The van der Waals surface area contributed by atoms with Crippen LogP contribution in [0.1, 0.15) is 39.2 Å². The van der Waals surface area contributed by atoms with Crippen molar-refractivity contribution in [1.29, 1.82) is 0 Å². The summed E-state index contributed by atoms with van der Waals surface area (Å²) in [6.45, 7) is 1.79. The fraction of sp³-hybridized carbons (Fsp3) is 0.250. The Balaban J connectivity index is 1.50. The molecule has 24 heavy (non-hydrogen) atoms. The Morgan fingerprint density at radius 1 is 1.04 bits per heavy atom. The Bertz CT molecular complexity index is 970. The zero-order valence-electron chi connectivity index (χ0n) is 13.4. The minimum Gasteiger partial charge on any atom is -0.358 e. The van der Waals surface area contributed by atoms with Crippen LogP contribution in [0, 0.1) is 0 Å². The van der Waals surface area contributed by atoms with E-state index in [0.717, 1.165) is 42.7 Å². The molecule has 0 bridgehead atoms. The Kier molecular flexibility index (Phi) is 3.00. The third-order valence-electron chi connectivity index (χ3n) is 5.22. The maximum absolute atomic E-state index is 12.8. The molecule has 2 heterocycles. The summed E-state index contributed by atoms with van der Waals surface area (Å²) in [6, 6.07) is 12.2. The van der Waals surface area contributed by atoms with Gasteiger partial charge in [0.25, 0.3) is 5.91 Å². The second kappa shape index (κ2) is 5.21.